The molecule has 0 saturated carbocycles. The van der Waals surface area contributed by atoms with E-state index in [4.69, 9.17) is 8.83 Å². The van der Waals surface area contributed by atoms with Crippen molar-refractivity contribution in [3.05, 3.63) is 276 Å². The standard InChI is InChI=1S/C76H52B2N4O2/c1-75(2)53-37-21-17-33-49(53)69-73(75)77-55-41-56-58(42-57(55)79(45-25-9-5-10-26-45)59-43-63-65(51-35-19-23-39-61(51)83-63)71(67(59)77)81(69)47-29-13-7-14-30-47)80(46-27-11-6-12-28-46)60-44-64-66(52-36-20-24-40-62(52)84-64)72-68(60)78(56)74-70(82(72)48-31-15-8-16-32-48)50-34-18-22-38-54(50)76(74,3)4/h5-44H,1-4H3. The molecule has 0 N–H and O–H groups in total. The van der Waals surface area contributed by atoms with E-state index in [0.29, 0.717) is 0 Å². The van der Waals surface area contributed by atoms with E-state index in [1.54, 1.807) is 0 Å². The van der Waals surface area contributed by atoms with Crippen LogP contribution in [0, 0.1) is 0 Å². The van der Waals surface area contributed by atoms with E-state index in [2.05, 4.69) is 290 Å². The van der Waals surface area contributed by atoms with Gasteiger partial charge < -0.3 is 28.4 Å². The van der Waals surface area contributed by atoms with Crippen LogP contribution in [0.5, 0.6) is 0 Å². The van der Waals surface area contributed by atoms with Crippen LogP contribution in [0.3, 0.4) is 0 Å². The highest BCUT2D eigenvalue weighted by Gasteiger charge is 2.57. The fourth-order valence-corrected chi connectivity index (χ4v) is 16.5. The first kappa shape index (κ1) is 46.4. The van der Waals surface area contributed by atoms with Gasteiger partial charge in [0.05, 0.1) is 22.1 Å². The Morgan fingerprint density at radius 1 is 0.321 bits per heavy atom. The summed E-state index contributed by atoms with van der Waals surface area (Å²) in [7, 11) is 0. The molecule has 19 rings (SSSR count). The second-order valence-corrected chi connectivity index (χ2v) is 24.6. The minimum atomic E-state index is -0.385. The Bertz CT molecular complexity index is 4800. The van der Waals surface area contributed by atoms with Crippen LogP contribution >= 0.6 is 0 Å². The fourth-order valence-electron chi connectivity index (χ4n) is 16.5. The Balaban J connectivity index is 1.01. The van der Waals surface area contributed by atoms with E-state index < -0.39 is 0 Å². The summed E-state index contributed by atoms with van der Waals surface area (Å²) in [5.74, 6) is 0. The minimum absolute atomic E-state index is 0.177. The van der Waals surface area contributed by atoms with E-state index in [1.165, 1.54) is 77.8 Å². The van der Waals surface area contributed by atoms with E-state index in [0.717, 1.165) is 89.4 Å². The van der Waals surface area contributed by atoms with Crippen LogP contribution in [0.15, 0.2) is 262 Å². The average molecular weight is 1070 g/mol. The predicted octanol–water partition coefficient (Wildman–Crippen LogP) is 17.1. The molecule has 8 heteroatoms. The SMILES string of the molecule is CC1(C)C2=C(c3ccccc31)N(c1ccccc1)c1c3c(cc4oc5ccccc5c14)N(c1ccccc1)c1cc4c(cc1B23)B1C2=C(c3ccccc3C2(C)C)N(c2ccccc2)c2c1c(cc1oc3ccccc3c21)N4c1ccccc1. The van der Waals surface area contributed by atoms with Crippen LogP contribution in [-0.2, 0) is 10.8 Å². The normalized spacial score (nSPS) is 16.3. The molecule has 6 nitrogen and oxygen atoms in total. The van der Waals surface area contributed by atoms with Crippen LogP contribution in [0.1, 0.15) is 49.9 Å². The Morgan fingerprint density at radius 2 is 0.667 bits per heavy atom. The van der Waals surface area contributed by atoms with Gasteiger partial charge in [-0.15, -0.1) is 0 Å². The first-order valence-corrected chi connectivity index (χ1v) is 29.5. The van der Waals surface area contributed by atoms with Gasteiger partial charge in [-0.25, -0.2) is 0 Å². The highest BCUT2D eigenvalue weighted by atomic mass is 16.3. The highest BCUT2D eigenvalue weighted by molar-refractivity contribution is 6.99. The van der Waals surface area contributed by atoms with Gasteiger partial charge in [0.2, 0.25) is 13.4 Å². The molecule has 0 radical (unpaired) electrons. The second kappa shape index (κ2) is 16.3. The lowest BCUT2D eigenvalue weighted by atomic mass is 9.27. The molecule has 84 heavy (non-hydrogen) atoms. The number of para-hydroxylation sites is 6. The number of hydrogen-bond acceptors (Lipinski definition) is 6. The smallest absolute Gasteiger partial charge is 0.248 e. The van der Waals surface area contributed by atoms with Gasteiger partial charge in [-0.3, -0.25) is 0 Å². The maximum atomic E-state index is 7.14. The lowest BCUT2D eigenvalue weighted by Gasteiger charge is -2.49. The van der Waals surface area contributed by atoms with Crippen molar-refractivity contribution in [1.82, 2.24) is 0 Å². The molecule has 11 aromatic carbocycles. The zero-order valence-corrected chi connectivity index (χ0v) is 46.9. The number of furan rings is 2. The maximum absolute atomic E-state index is 7.14. The van der Waals surface area contributed by atoms with Gasteiger partial charge in [0.25, 0.3) is 0 Å². The molecular weight excluding hydrogens is 1020 g/mol. The molecule has 2 aliphatic carbocycles. The van der Waals surface area contributed by atoms with Gasteiger partial charge in [-0.1, -0.05) is 202 Å². The van der Waals surface area contributed by atoms with Crippen molar-refractivity contribution in [3.63, 3.8) is 0 Å². The zero-order chi connectivity index (χ0) is 55.5. The molecule has 0 unspecified atom stereocenters. The topological polar surface area (TPSA) is 39.2 Å². The van der Waals surface area contributed by atoms with Gasteiger partial charge in [-0.05, 0) is 99.7 Å². The van der Waals surface area contributed by atoms with E-state index in [-0.39, 0.29) is 24.3 Å². The molecule has 0 spiro atoms. The van der Waals surface area contributed by atoms with E-state index in [9.17, 15) is 0 Å². The molecule has 2 aromatic heterocycles. The summed E-state index contributed by atoms with van der Waals surface area (Å²) in [6, 6.07) is 89.9. The number of hydrogen-bond donors (Lipinski definition) is 0. The Labute approximate surface area is 487 Å². The number of rotatable bonds is 4. The number of benzene rings is 11. The molecule has 4 aliphatic heterocycles. The zero-order valence-electron chi connectivity index (χ0n) is 46.9. The maximum Gasteiger partial charge on any atom is 0.248 e. The molecule has 0 saturated heterocycles. The van der Waals surface area contributed by atoms with Crippen molar-refractivity contribution in [2.75, 3.05) is 19.6 Å². The lowest BCUT2D eigenvalue weighted by Crippen LogP contribution is -2.61. The van der Waals surface area contributed by atoms with Gasteiger partial charge in [0.1, 0.15) is 22.3 Å². The third-order valence-electron chi connectivity index (χ3n) is 19.8. The summed E-state index contributed by atoms with van der Waals surface area (Å²) in [6.07, 6.45) is 0. The summed E-state index contributed by atoms with van der Waals surface area (Å²) in [6.45, 7) is 9.55. The van der Waals surface area contributed by atoms with Gasteiger partial charge in [0, 0.05) is 102 Å². The van der Waals surface area contributed by atoms with Crippen molar-refractivity contribution in [2.24, 2.45) is 0 Å². The number of anilines is 10. The second-order valence-electron chi connectivity index (χ2n) is 24.6. The van der Waals surface area contributed by atoms with Crippen LogP contribution in [-0.4, -0.2) is 13.4 Å². The van der Waals surface area contributed by atoms with Crippen molar-refractivity contribution >= 4 is 147 Å². The molecule has 6 heterocycles. The van der Waals surface area contributed by atoms with Gasteiger partial charge >= 0.3 is 0 Å². The quantitative estimate of drug-likeness (QED) is 0.164. The molecule has 0 atom stereocenters. The molecule has 0 fully saturated rings. The molecule has 394 valence electrons. The molecule has 0 amide bonds. The van der Waals surface area contributed by atoms with E-state index >= 15 is 0 Å². The molecule has 13 aromatic rings. The summed E-state index contributed by atoms with van der Waals surface area (Å²) in [4.78, 5) is 10.4. The first-order valence-electron chi connectivity index (χ1n) is 29.5. The number of fused-ring (bicyclic) bond motifs is 18. The minimum Gasteiger partial charge on any atom is -0.456 e. The van der Waals surface area contributed by atoms with Gasteiger partial charge in [-0.2, -0.15) is 0 Å². The predicted molar refractivity (Wildman–Crippen MR) is 350 cm³/mol. The summed E-state index contributed by atoms with van der Waals surface area (Å²) >= 11 is 0. The van der Waals surface area contributed by atoms with Crippen LogP contribution in [0.4, 0.5) is 56.9 Å². The van der Waals surface area contributed by atoms with Crippen molar-refractivity contribution in [2.45, 2.75) is 38.5 Å². The Hall–Kier alpha value is -10.2. The summed E-state index contributed by atoms with van der Waals surface area (Å²) < 4.78 is 14.3. The molecule has 0 bridgehead atoms. The Kier molecular flexibility index (Phi) is 9.01. The van der Waals surface area contributed by atoms with Crippen LogP contribution in [0.2, 0.25) is 0 Å². The Morgan fingerprint density at radius 3 is 1.07 bits per heavy atom. The van der Waals surface area contributed by atoms with Gasteiger partial charge in [0.15, 0.2) is 0 Å². The third-order valence-corrected chi connectivity index (χ3v) is 19.8. The van der Waals surface area contributed by atoms with Crippen molar-refractivity contribution in [1.29, 1.82) is 0 Å². The molecular formula is C76H52B2N4O2. The molecule has 6 aliphatic rings. The fraction of sp³-hybridized carbons (Fsp3) is 0.0789. The number of allylic oxidation sites excluding steroid dienone is 2. The summed E-state index contributed by atoms with van der Waals surface area (Å²) in [5, 5.41) is 4.46. The average Bonchev–Trinajstić information content (AvgIpc) is 1.37. The van der Waals surface area contributed by atoms with Crippen LogP contribution in [0.25, 0.3) is 55.3 Å². The van der Waals surface area contributed by atoms with Crippen LogP contribution < -0.4 is 41.5 Å². The number of nitrogens with zero attached hydrogens (tertiary/aromatic N) is 4. The highest BCUT2D eigenvalue weighted by Crippen LogP contribution is 2.61. The third kappa shape index (κ3) is 5.77. The monoisotopic (exact) mass is 1070 g/mol. The first-order chi connectivity index (χ1) is 41.3. The van der Waals surface area contributed by atoms with Crippen molar-refractivity contribution in [3.8, 4) is 0 Å². The summed E-state index contributed by atoms with van der Waals surface area (Å²) in [5.41, 5.74) is 29.6. The largest absolute Gasteiger partial charge is 0.456 e. The lowest BCUT2D eigenvalue weighted by molar-refractivity contribution is 0.665. The van der Waals surface area contributed by atoms with E-state index in [1.807, 2.05) is 0 Å². The van der Waals surface area contributed by atoms with Crippen molar-refractivity contribution < 1.29 is 8.83 Å².